The van der Waals surface area contributed by atoms with Crippen molar-refractivity contribution >= 4 is 22.7 Å². The number of oxazole rings is 1. The van der Waals surface area contributed by atoms with E-state index in [9.17, 15) is 0 Å². The molecule has 0 saturated heterocycles. The molecule has 0 fully saturated rings. The summed E-state index contributed by atoms with van der Waals surface area (Å²) in [6, 6.07) is 5.66. The van der Waals surface area contributed by atoms with Crippen LogP contribution in [0.5, 0.6) is 6.08 Å². The van der Waals surface area contributed by atoms with Crippen molar-refractivity contribution in [3.05, 3.63) is 23.8 Å². The number of hydrogen-bond donors (Lipinski definition) is 0. The Morgan fingerprint density at radius 3 is 3.07 bits per heavy atom. The van der Waals surface area contributed by atoms with Crippen molar-refractivity contribution in [3.63, 3.8) is 0 Å². The first-order chi connectivity index (χ1) is 6.83. The normalized spacial score (nSPS) is 10.7. The van der Waals surface area contributed by atoms with E-state index in [-0.39, 0.29) is 0 Å². The van der Waals surface area contributed by atoms with Gasteiger partial charge in [-0.3, -0.25) is 0 Å². The van der Waals surface area contributed by atoms with E-state index in [0.717, 1.165) is 16.7 Å². The molecule has 0 saturated carbocycles. The molecule has 0 spiro atoms. The second-order valence-corrected chi connectivity index (χ2v) is 3.12. The Bertz CT molecular complexity index is 439. The van der Waals surface area contributed by atoms with Gasteiger partial charge in [0.25, 0.3) is 0 Å². The van der Waals surface area contributed by atoms with Gasteiger partial charge >= 0.3 is 6.08 Å². The molecule has 3 nitrogen and oxygen atoms in total. The smallest absolute Gasteiger partial charge is 0.394 e. The summed E-state index contributed by atoms with van der Waals surface area (Å²) in [6.07, 6.45) is 0.314. The van der Waals surface area contributed by atoms with Crippen molar-refractivity contribution in [2.24, 2.45) is 0 Å². The summed E-state index contributed by atoms with van der Waals surface area (Å²) >= 11 is 5.71. The second kappa shape index (κ2) is 3.88. The minimum absolute atomic E-state index is 0.314. The van der Waals surface area contributed by atoms with Crippen LogP contribution in [-0.4, -0.2) is 11.6 Å². The molecule has 2 rings (SSSR count). The van der Waals surface area contributed by atoms with Gasteiger partial charge in [-0.1, -0.05) is 6.07 Å². The highest BCUT2D eigenvalue weighted by molar-refractivity contribution is 6.17. The fraction of sp³-hybridized carbons (Fsp3) is 0.300. The lowest BCUT2D eigenvalue weighted by Gasteiger charge is -1.91. The average molecular weight is 212 g/mol. The highest BCUT2D eigenvalue weighted by Gasteiger charge is 2.06. The minimum atomic E-state index is 0.314. The number of aromatic nitrogens is 1. The van der Waals surface area contributed by atoms with E-state index in [0.29, 0.717) is 18.6 Å². The topological polar surface area (TPSA) is 35.3 Å². The van der Waals surface area contributed by atoms with Gasteiger partial charge in [0.15, 0.2) is 5.58 Å². The van der Waals surface area contributed by atoms with Gasteiger partial charge in [-0.2, -0.15) is 4.98 Å². The van der Waals surface area contributed by atoms with Crippen molar-refractivity contribution in [2.45, 2.75) is 12.8 Å². The average Bonchev–Trinajstić information content (AvgIpc) is 2.59. The summed E-state index contributed by atoms with van der Waals surface area (Å²) in [5, 5.41) is 0. The van der Waals surface area contributed by atoms with Gasteiger partial charge in [-0.15, -0.1) is 11.6 Å². The molecule has 0 atom stereocenters. The molecule has 0 aliphatic rings. The van der Waals surface area contributed by atoms with Crippen LogP contribution >= 0.6 is 11.6 Å². The van der Waals surface area contributed by atoms with Gasteiger partial charge in [0.1, 0.15) is 5.52 Å². The van der Waals surface area contributed by atoms with E-state index in [4.69, 9.17) is 20.8 Å². The molecule has 0 unspecified atom stereocenters. The van der Waals surface area contributed by atoms with Gasteiger partial charge in [0.05, 0.1) is 6.61 Å². The number of halogens is 1. The maximum absolute atomic E-state index is 5.71. The summed E-state index contributed by atoms with van der Waals surface area (Å²) < 4.78 is 10.5. The van der Waals surface area contributed by atoms with E-state index in [1.165, 1.54) is 0 Å². The van der Waals surface area contributed by atoms with Crippen LogP contribution in [0.2, 0.25) is 0 Å². The number of ether oxygens (including phenoxy) is 1. The Morgan fingerprint density at radius 1 is 1.50 bits per heavy atom. The summed E-state index contributed by atoms with van der Waals surface area (Å²) in [5.41, 5.74) is 2.53. The zero-order chi connectivity index (χ0) is 9.97. The number of alkyl halides is 1. The van der Waals surface area contributed by atoms with Crippen molar-refractivity contribution in [1.82, 2.24) is 4.98 Å². The predicted octanol–water partition coefficient (Wildman–Crippen LogP) is 2.97. The lowest BCUT2D eigenvalue weighted by Crippen LogP contribution is -1.90. The van der Waals surface area contributed by atoms with Crippen LogP contribution in [0.3, 0.4) is 0 Å². The van der Waals surface area contributed by atoms with E-state index in [1.54, 1.807) is 0 Å². The van der Waals surface area contributed by atoms with Crippen LogP contribution in [-0.2, 0) is 5.88 Å². The molecule has 0 N–H and O–H groups in total. The van der Waals surface area contributed by atoms with Crippen molar-refractivity contribution < 1.29 is 9.15 Å². The lowest BCUT2D eigenvalue weighted by atomic mass is 10.2. The molecular weight excluding hydrogens is 202 g/mol. The molecule has 2 aromatic rings. The van der Waals surface area contributed by atoms with Crippen molar-refractivity contribution in [1.29, 1.82) is 0 Å². The van der Waals surface area contributed by atoms with Gasteiger partial charge in [0.2, 0.25) is 0 Å². The highest BCUT2D eigenvalue weighted by Crippen LogP contribution is 2.22. The van der Waals surface area contributed by atoms with E-state index in [2.05, 4.69) is 4.98 Å². The molecule has 1 aromatic carbocycles. The monoisotopic (exact) mass is 211 g/mol. The molecule has 0 amide bonds. The van der Waals surface area contributed by atoms with Gasteiger partial charge < -0.3 is 9.15 Å². The van der Waals surface area contributed by atoms with Crippen LogP contribution < -0.4 is 4.74 Å². The van der Waals surface area contributed by atoms with Crippen molar-refractivity contribution in [3.8, 4) is 6.08 Å². The van der Waals surface area contributed by atoms with Crippen LogP contribution in [0.15, 0.2) is 22.6 Å². The molecule has 74 valence electrons. The van der Waals surface area contributed by atoms with Crippen LogP contribution in [0.4, 0.5) is 0 Å². The first-order valence-electron chi connectivity index (χ1n) is 4.41. The van der Waals surface area contributed by atoms with Crippen molar-refractivity contribution in [2.75, 3.05) is 6.61 Å². The largest absolute Gasteiger partial charge is 0.450 e. The summed E-state index contributed by atoms with van der Waals surface area (Å²) in [5.74, 6) is 0.479. The number of nitrogens with zero attached hydrogens (tertiary/aromatic N) is 1. The summed E-state index contributed by atoms with van der Waals surface area (Å²) in [4.78, 5) is 4.16. The third-order valence-electron chi connectivity index (χ3n) is 1.85. The molecule has 0 radical (unpaired) electrons. The molecule has 14 heavy (non-hydrogen) atoms. The number of rotatable bonds is 3. The Kier molecular flexibility index (Phi) is 2.59. The maximum atomic E-state index is 5.71. The van der Waals surface area contributed by atoms with E-state index < -0.39 is 0 Å². The minimum Gasteiger partial charge on any atom is -0.450 e. The van der Waals surface area contributed by atoms with Crippen LogP contribution in [0, 0.1) is 0 Å². The Hall–Kier alpha value is -1.22. The standard InChI is InChI=1S/C10H10ClNO2/c1-2-13-10-12-8-5-7(6-11)3-4-9(8)14-10/h3-5H,2,6H2,1H3. The lowest BCUT2D eigenvalue weighted by molar-refractivity contribution is 0.251. The Balaban J connectivity index is 2.43. The van der Waals surface area contributed by atoms with Crippen LogP contribution in [0.1, 0.15) is 12.5 Å². The van der Waals surface area contributed by atoms with E-state index >= 15 is 0 Å². The molecule has 4 heteroatoms. The summed E-state index contributed by atoms with van der Waals surface area (Å²) in [7, 11) is 0. The molecule has 0 bridgehead atoms. The first-order valence-corrected chi connectivity index (χ1v) is 4.95. The Morgan fingerprint density at radius 2 is 2.36 bits per heavy atom. The molecule has 0 aliphatic heterocycles. The SMILES string of the molecule is CCOc1nc2cc(CCl)ccc2o1. The maximum Gasteiger partial charge on any atom is 0.394 e. The van der Waals surface area contributed by atoms with Crippen LogP contribution in [0.25, 0.3) is 11.1 Å². The number of hydrogen-bond acceptors (Lipinski definition) is 3. The highest BCUT2D eigenvalue weighted by atomic mass is 35.5. The first kappa shape index (κ1) is 9.34. The quantitative estimate of drug-likeness (QED) is 0.733. The number of benzene rings is 1. The predicted molar refractivity (Wildman–Crippen MR) is 54.7 cm³/mol. The van der Waals surface area contributed by atoms with E-state index in [1.807, 2.05) is 25.1 Å². The zero-order valence-corrected chi connectivity index (χ0v) is 8.54. The van der Waals surface area contributed by atoms with Gasteiger partial charge in [-0.25, -0.2) is 0 Å². The number of fused-ring (bicyclic) bond motifs is 1. The third-order valence-corrected chi connectivity index (χ3v) is 2.16. The fourth-order valence-corrected chi connectivity index (χ4v) is 1.39. The van der Waals surface area contributed by atoms with Gasteiger partial charge in [0, 0.05) is 5.88 Å². The Labute approximate surface area is 86.6 Å². The summed E-state index contributed by atoms with van der Waals surface area (Å²) in [6.45, 7) is 2.44. The fourth-order valence-electron chi connectivity index (χ4n) is 1.22. The molecular formula is C10H10ClNO2. The van der Waals surface area contributed by atoms with Gasteiger partial charge in [-0.05, 0) is 24.6 Å². The molecule has 0 aliphatic carbocycles. The third kappa shape index (κ3) is 1.68. The zero-order valence-electron chi connectivity index (χ0n) is 7.79. The molecule has 1 heterocycles. The second-order valence-electron chi connectivity index (χ2n) is 2.85. The molecule has 1 aromatic heterocycles.